The van der Waals surface area contributed by atoms with Crippen molar-refractivity contribution < 1.29 is 20.1 Å². The highest BCUT2D eigenvalue weighted by Crippen LogP contribution is 2.26. The van der Waals surface area contributed by atoms with E-state index >= 15 is 0 Å². The predicted octanol–water partition coefficient (Wildman–Crippen LogP) is 0.646. The van der Waals surface area contributed by atoms with Gasteiger partial charge in [0.2, 0.25) is 0 Å². The number of hydrogen-bond donors (Lipinski definition) is 3. The van der Waals surface area contributed by atoms with Crippen LogP contribution in [0.2, 0.25) is 0 Å². The van der Waals surface area contributed by atoms with Crippen LogP contribution in [-0.4, -0.2) is 34.6 Å². The first-order valence-corrected chi connectivity index (χ1v) is 5.23. The van der Waals surface area contributed by atoms with E-state index in [1.807, 2.05) is 0 Å². The second-order valence-corrected chi connectivity index (χ2v) is 3.92. The summed E-state index contributed by atoms with van der Waals surface area (Å²) in [5.74, 6) is 0.624. The topological polar surface area (TPSA) is 69.9 Å². The molecule has 16 heavy (non-hydrogen) atoms. The first-order chi connectivity index (χ1) is 7.48. The summed E-state index contributed by atoms with van der Waals surface area (Å²) < 4.78 is 5.19. The van der Waals surface area contributed by atoms with Gasteiger partial charge in [-0.3, -0.25) is 0 Å². The highest BCUT2D eigenvalue weighted by atomic mass is 16.5. The van der Waals surface area contributed by atoms with Crippen molar-refractivity contribution in [3.63, 3.8) is 0 Å². The maximum atomic E-state index is 10.00. The molecule has 0 aromatic heterocycles. The van der Waals surface area contributed by atoms with Crippen LogP contribution in [-0.2, 0) is 5.60 Å². The predicted molar refractivity (Wildman–Crippen MR) is 60.3 cm³/mol. The SMILES string of the molecule is CC(O)C(C)(O)c1ccc(OCCO)cc1. The number of benzene rings is 1. The summed E-state index contributed by atoms with van der Waals surface area (Å²) in [7, 11) is 0. The monoisotopic (exact) mass is 226 g/mol. The third-order valence-electron chi connectivity index (χ3n) is 2.61. The molecule has 0 spiro atoms. The standard InChI is InChI=1S/C12H18O4/c1-9(14)12(2,15)10-3-5-11(6-4-10)16-8-7-13/h3-6,9,13-15H,7-8H2,1-2H3. The van der Waals surface area contributed by atoms with E-state index in [4.69, 9.17) is 9.84 Å². The summed E-state index contributed by atoms with van der Waals surface area (Å²) in [6.45, 7) is 3.30. The first kappa shape index (κ1) is 13.0. The zero-order chi connectivity index (χ0) is 12.2. The Morgan fingerprint density at radius 3 is 2.31 bits per heavy atom. The van der Waals surface area contributed by atoms with Gasteiger partial charge in [-0.25, -0.2) is 0 Å². The van der Waals surface area contributed by atoms with Gasteiger partial charge in [0.15, 0.2) is 0 Å². The fourth-order valence-corrected chi connectivity index (χ4v) is 1.29. The second-order valence-electron chi connectivity index (χ2n) is 3.92. The van der Waals surface area contributed by atoms with Crippen LogP contribution < -0.4 is 4.74 Å². The highest BCUT2D eigenvalue weighted by Gasteiger charge is 2.28. The summed E-state index contributed by atoms with van der Waals surface area (Å²) in [5.41, 5.74) is -0.644. The number of aliphatic hydroxyl groups is 3. The van der Waals surface area contributed by atoms with E-state index in [1.54, 1.807) is 31.2 Å². The molecule has 90 valence electrons. The molecule has 0 heterocycles. The molecule has 1 aromatic carbocycles. The quantitative estimate of drug-likeness (QED) is 0.689. The van der Waals surface area contributed by atoms with E-state index in [0.29, 0.717) is 11.3 Å². The normalized spacial score (nSPS) is 16.6. The molecule has 2 unspecified atom stereocenters. The van der Waals surface area contributed by atoms with Crippen molar-refractivity contribution in [2.24, 2.45) is 0 Å². The van der Waals surface area contributed by atoms with E-state index < -0.39 is 11.7 Å². The summed E-state index contributed by atoms with van der Waals surface area (Å²) in [6.07, 6.45) is -0.850. The minimum atomic E-state index is -1.27. The van der Waals surface area contributed by atoms with Crippen LogP contribution >= 0.6 is 0 Å². The van der Waals surface area contributed by atoms with Gasteiger partial charge < -0.3 is 20.1 Å². The van der Waals surface area contributed by atoms with Gasteiger partial charge in [-0.05, 0) is 31.5 Å². The lowest BCUT2D eigenvalue weighted by atomic mass is 9.91. The zero-order valence-corrected chi connectivity index (χ0v) is 9.55. The van der Waals surface area contributed by atoms with Crippen LogP contribution in [0.5, 0.6) is 5.75 Å². The minimum Gasteiger partial charge on any atom is -0.491 e. The van der Waals surface area contributed by atoms with Gasteiger partial charge in [0.25, 0.3) is 0 Å². The Kier molecular flexibility index (Phi) is 4.29. The van der Waals surface area contributed by atoms with Crippen molar-refractivity contribution in [2.75, 3.05) is 13.2 Å². The number of hydrogen-bond acceptors (Lipinski definition) is 4. The molecule has 0 saturated carbocycles. The van der Waals surface area contributed by atoms with E-state index in [0.717, 1.165) is 0 Å². The Balaban J connectivity index is 2.78. The molecule has 0 aliphatic rings. The van der Waals surface area contributed by atoms with Gasteiger partial charge in [0.1, 0.15) is 18.0 Å². The molecule has 0 aliphatic heterocycles. The van der Waals surface area contributed by atoms with Crippen molar-refractivity contribution >= 4 is 0 Å². The molecule has 3 N–H and O–H groups in total. The molecule has 1 aromatic rings. The maximum absolute atomic E-state index is 10.00. The van der Waals surface area contributed by atoms with E-state index in [9.17, 15) is 10.2 Å². The minimum absolute atomic E-state index is 0.0346. The van der Waals surface area contributed by atoms with Gasteiger partial charge in [0, 0.05) is 0 Å². The Labute approximate surface area is 95.1 Å². The van der Waals surface area contributed by atoms with Crippen LogP contribution in [0.1, 0.15) is 19.4 Å². The molecule has 2 atom stereocenters. The van der Waals surface area contributed by atoms with E-state index in [1.165, 1.54) is 6.92 Å². The fourth-order valence-electron chi connectivity index (χ4n) is 1.29. The Morgan fingerprint density at radius 1 is 1.31 bits per heavy atom. The molecule has 0 bridgehead atoms. The van der Waals surface area contributed by atoms with Gasteiger partial charge in [-0.2, -0.15) is 0 Å². The van der Waals surface area contributed by atoms with Crippen molar-refractivity contribution in [3.05, 3.63) is 29.8 Å². The van der Waals surface area contributed by atoms with Gasteiger partial charge in [0.05, 0.1) is 12.7 Å². The Bertz CT molecular complexity index is 316. The second kappa shape index (κ2) is 5.30. The van der Waals surface area contributed by atoms with Gasteiger partial charge in [-0.15, -0.1) is 0 Å². The van der Waals surface area contributed by atoms with Crippen molar-refractivity contribution in [2.45, 2.75) is 25.6 Å². The van der Waals surface area contributed by atoms with Crippen molar-refractivity contribution in [1.82, 2.24) is 0 Å². The summed E-state index contributed by atoms with van der Waals surface area (Å²) in [6, 6.07) is 6.78. The van der Waals surface area contributed by atoms with Crippen molar-refractivity contribution in [1.29, 1.82) is 0 Å². The van der Waals surface area contributed by atoms with Crippen molar-refractivity contribution in [3.8, 4) is 5.75 Å². The fraction of sp³-hybridized carbons (Fsp3) is 0.500. The molecule has 0 radical (unpaired) electrons. The highest BCUT2D eigenvalue weighted by molar-refractivity contribution is 5.31. The number of aliphatic hydroxyl groups excluding tert-OH is 2. The third-order valence-corrected chi connectivity index (χ3v) is 2.61. The molecule has 1 rings (SSSR count). The maximum Gasteiger partial charge on any atom is 0.119 e. The van der Waals surface area contributed by atoms with E-state index in [-0.39, 0.29) is 13.2 Å². The smallest absolute Gasteiger partial charge is 0.119 e. The molecule has 4 heteroatoms. The molecular weight excluding hydrogens is 208 g/mol. The van der Waals surface area contributed by atoms with Gasteiger partial charge >= 0.3 is 0 Å². The average molecular weight is 226 g/mol. The lowest BCUT2D eigenvalue weighted by Crippen LogP contribution is -2.34. The van der Waals surface area contributed by atoms with Crippen LogP contribution in [0, 0.1) is 0 Å². The molecule has 0 amide bonds. The van der Waals surface area contributed by atoms with E-state index in [2.05, 4.69) is 0 Å². The molecule has 0 fully saturated rings. The molecule has 0 saturated heterocycles. The Hall–Kier alpha value is -1.10. The van der Waals surface area contributed by atoms with Gasteiger partial charge in [-0.1, -0.05) is 12.1 Å². The summed E-state index contributed by atoms with van der Waals surface area (Å²) in [4.78, 5) is 0. The lowest BCUT2D eigenvalue weighted by Gasteiger charge is -2.27. The van der Waals surface area contributed by atoms with Crippen LogP contribution in [0.25, 0.3) is 0 Å². The molecular formula is C12H18O4. The summed E-state index contributed by atoms with van der Waals surface area (Å²) in [5, 5.41) is 28.0. The Morgan fingerprint density at radius 2 is 1.88 bits per heavy atom. The van der Waals surface area contributed by atoms with Crippen LogP contribution in [0.4, 0.5) is 0 Å². The summed E-state index contributed by atoms with van der Waals surface area (Å²) >= 11 is 0. The molecule has 0 aliphatic carbocycles. The first-order valence-electron chi connectivity index (χ1n) is 5.23. The average Bonchev–Trinajstić information content (AvgIpc) is 2.26. The third kappa shape index (κ3) is 2.95. The van der Waals surface area contributed by atoms with Crippen LogP contribution in [0.3, 0.4) is 0 Å². The largest absolute Gasteiger partial charge is 0.491 e. The number of rotatable bonds is 5. The zero-order valence-electron chi connectivity index (χ0n) is 9.55. The molecule has 4 nitrogen and oxygen atoms in total. The number of ether oxygens (including phenoxy) is 1. The van der Waals surface area contributed by atoms with Crippen LogP contribution in [0.15, 0.2) is 24.3 Å². The lowest BCUT2D eigenvalue weighted by molar-refractivity contribution is -0.0570.